The van der Waals surface area contributed by atoms with Gasteiger partial charge in [0.2, 0.25) is 0 Å². The van der Waals surface area contributed by atoms with E-state index in [9.17, 15) is 9.18 Å². The van der Waals surface area contributed by atoms with E-state index in [1.165, 1.54) is 6.07 Å². The van der Waals surface area contributed by atoms with Gasteiger partial charge >= 0.3 is 0 Å². The molecule has 0 aromatic heterocycles. The van der Waals surface area contributed by atoms with E-state index in [-0.39, 0.29) is 17.8 Å². The fourth-order valence-electron chi connectivity index (χ4n) is 3.15. The number of hydrogen-bond acceptors (Lipinski definition) is 3. The molecule has 2 aromatic rings. The number of benzene rings is 2. The number of nitrogens with zero attached hydrogens (tertiary/aromatic N) is 1. The van der Waals surface area contributed by atoms with Gasteiger partial charge in [0.05, 0.1) is 20.3 Å². The molecule has 2 aromatic carbocycles. The number of halogens is 1. The van der Waals surface area contributed by atoms with Crippen LogP contribution in [0.3, 0.4) is 0 Å². The van der Waals surface area contributed by atoms with Crippen LogP contribution in [0.25, 0.3) is 0 Å². The van der Waals surface area contributed by atoms with Gasteiger partial charge < -0.3 is 19.9 Å². The SMILES string of the molecule is C[C@@H](C(=O)Nc1ccc(N2CCOCC2)cc1)[NH+](C)Cc1ccccc1F. The third-order valence-corrected chi connectivity index (χ3v) is 5.07. The standard InChI is InChI=1S/C21H26FN3O2/c1-16(24(2)15-17-5-3-4-6-20(17)22)21(26)23-18-7-9-19(10-8-18)25-11-13-27-14-12-25/h3-10,16H,11-15H2,1-2H3,(H,23,26)/p+1/t16-/m0/s1. The Balaban J connectivity index is 1.56. The van der Waals surface area contributed by atoms with E-state index < -0.39 is 0 Å². The number of amides is 1. The van der Waals surface area contributed by atoms with Crippen molar-refractivity contribution >= 4 is 17.3 Å². The van der Waals surface area contributed by atoms with Gasteiger partial charge in [-0.25, -0.2) is 4.39 Å². The molecule has 0 spiro atoms. The lowest BCUT2D eigenvalue weighted by Crippen LogP contribution is -3.12. The van der Waals surface area contributed by atoms with Crippen LogP contribution in [-0.4, -0.2) is 45.3 Å². The molecule has 3 rings (SSSR count). The Morgan fingerprint density at radius 2 is 1.85 bits per heavy atom. The molecule has 2 atom stereocenters. The molecule has 1 fully saturated rings. The highest BCUT2D eigenvalue weighted by atomic mass is 19.1. The summed E-state index contributed by atoms with van der Waals surface area (Å²) in [5, 5.41) is 2.96. The van der Waals surface area contributed by atoms with Crippen molar-refractivity contribution < 1.29 is 18.8 Å². The van der Waals surface area contributed by atoms with Crippen LogP contribution < -0.4 is 15.1 Å². The molecule has 5 nitrogen and oxygen atoms in total. The molecule has 2 N–H and O–H groups in total. The predicted molar refractivity (Wildman–Crippen MR) is 105 cm³/mol. The van der Waals surface area contributed by atoms with Gasteiger partial charge in [0, 0.05) is 30.0 Å². The van der Waals surface area contributed by atoms with E-state index in [4.69, 9.17) is 4.74 Å². The highest BCUT2D eigenvalue weighted by molar-refractivity contribution is 5.93. The van der Waals surface area contributed by atoms with E-state index in [0.29, 0.717) is 12.1 Å². The lowest BCUT2D eigenvalue weighted by Gasteiger charge is -2.29. The highest BCUT2D eigenvalue weighted by Gasteiger charge is 2.23. The molecule has 144 valence electrons. The maximum atomic E-state index is 13.8. The lowest BCUT2D eigenvalue weighted by molar-refractivity contribution is -0.908. The van der Waals surface area contributed by atoms with Crippen molar-refractivity contribution in [1.29, 1.82) is 0 Å². The minimum absolute atomic E-state index is 0.0806. The second kappa shape index (κ2) is 8.97. The number of likely N-dealkylation sites (N-methyl/N-ethyl adjacent to an activating group) is 1. The number of carbonyl (C=O) groups excluding carboxylic acids is 1. The van der Waals surface area contributed by atoms with Crippen molar-refractivity contribution in [3.63, 3.8) is 0 Å². The van der Waals surface area contributed by atoms with Gasteiger partial charge in [0.15, 0.2) is 6.04 Å². The summed E-state index contributed by atoms with van der Waals surface area (Å²) < 4.78 is 19.2. The Kier molecular flexibility index (Phi) is 6.42. The molecule has 6 heteroatoms. The van der Waals surface area contributed by atoms with Crippen LogP contribution in [0, 0.1) is 5.82 Å². The molecular weight excluding hydrogens is 345 g/mol. The van der Waals surface area contributed by atoms with Gasteiger partial charge in [-0.15, -0.1) is 0 Å². The van der Waals surface area contributed by atoms with E-state index in [1.54, 1.807) is 12.1 Å². The molecule has 0 radical (unpaired) electrons. The Hall–Kier alpha value is -2.44. The zero-order chi connectivity index (χ0) is 19.2. The van der Waals surface area contributed by atoms with Gasteiger partial charge in [0.1, 0.15) is 12.4 Å². The van der Waals surface area contributed by atoms with Gasteiger partial charge in [-0.2, -0.15) is 0 Å². The van der Waals surface area contributed by atoms with Crippen LogP contribution in [0.4, 0.5) is 15.8 Å². The van der Waals surface area contributed by atoms with Gasteiger partial charge in [0.25, 0.3) is 5.91 Å². The molecule has 1 unspecified atom stereocenters. The topological polar surface area (TPSA) is 46.0 Å². The zero-order valence-electron chi connectivity index (χ0n) is 15.9. The Bertz CT molecular complexity index is 760. The average molecular weight is 372 g/mol. The number of nitrogens with one attached hydrogen (secondary N) is 2. The summed E-state index contributed by atoms with van der Waals surface area (Å²) in [7, 11) is 1.90. The fraction of sp³-hybridized carbons (Fsp3) is 0.381. The van der Waals surface area contributed by atoms with Crippen LogP contribution in [0.5, 0.6) is 0 Å². The third kappa shape index (κ3) is 5.05. The molecule has 0 aliphatic carbocycles. The number of ether oxygens (including phenoxy) is 1. The maximum absolute atomic E-state index is 13.8. The molecule has 0 saturated carbocycles. The number of anilines is 2. The first kappa shape index (κ1) is 19.3. The lowest BCUT2D eigenvalue weighted by atomic mass is 10.1. The molecule has 1 heterocycles. The molecule has 1 amide bonds. The summed E-state index contributed by atoms with van der Waals surface area (Å²) in [6, 6.07) is 14.3. The number of quaternary nitrogens is 1. The summed E-state index contributed by atoms with van der Waals surface area (Å²) in [5.41, 5.74) is 2.51. The second-order valence-corrected chi connectivity index (χ2v) is 6.97. The van der Waals surface area contributed by atoms with E-state index in [1.807, 2.05) is 44.3 Å². The molecular formula is C21H27FN3O2+. The monoisotopic (exact) mass is 372 g/mol. The Morgan fingerprint density at radius 3 is 2.52 bits per heavy atom. The van der Waals surface area contributed by atoms with E-state index in [2.05, 4.69) is 10.2 Å². The summed E-state index contributed by atoms with van der Waals surface area (Å²) >= 11 is 0. The average Bonchev–Trinajstić information content (AvgIpc) is 2.70. The Morgan fingerprint density at radius 1 is 1.19 bits per heavy atom. The van der Waals surface area contributed by atoms with Crippen molar-refractivity contribution in [3.8, 4) is 0 Å². The minimum Gasteiger partial charge on any atom is -0.378 e. The maximum Gasteiger partial charge on any atom is 0.282 e. The van der Waals surface area contributed by atoms with Gasteiger partial charge in [-0.3, -0.25) is 4.79 Å². The van der Waals surface area contributed by atoms with Crippen LogP contribution in [0.1, 0.15) is 12.5 Å². The van der Waals surface area contributed by atoms with Crippen molar-refractivity contribution in [3.05, 3.63) is 59.9 Å². The molecule has 1 aliphatic rings. The summed E-state index contributed by atoms with van der Waals surface area (Å²) in [6.45, 7) is 5.56. The van der Waals surface area contributed by atoms with E-state index >= 15 is 0 Å². The summed E-state index contributed by atoms with van der Waals surface area (Å²) in [6.07, 6.45) is 0. The number of rotatable bonds is 6. The normalized spacial score (nSPS) is 16.6. The second-order valence-electron chi connectivity index (χ2n) is 6.97. The number of carbonyl (C=O) groups is 1. The molecule has 1 aliphatic heterocycles. The number of hydrogen-bond donors (Lipinski definition) is 2. The minimum atomic E-state index is -0.302. The van der Waals surface area contributed by atoms with Crippen molar-refractivity contribution in [2.45, 2.75) is 19.5 Å². The fourth-order valence-corrected chi connectivity index (χ4v) is 3.15. The molecule has 1 saturated heterocycles. The first-order valence-corrected chi connectivity index (χ1v) is 9.34. The Labute approximate surface area is 159 Å². The smallest absolute Gasteiger partial charge is 0.282 e. The van der Waals surface area contributed by atoms with Crippen LogP contribution in [0.2, 0.25) is 0 Å². The van der Waals surface area contributed by atoms with Crippen molar-refractivity contribution in [2.24, 2.45) is 0 Å². The predicted octanol–water partition coefficient (Wildman–Crippen LogP) is 1.70. The van der Waals surface area contributed by atoms with Gasteiger partial charge in [-0.05, 0) is 37.3 Å². The first-order valence-electron chi connectivity index (χ1n) is 9.34. The summed E-state index contributed by atoms with van der Waals surface area (Å²) in [4.78, 5) is 15.8. The van der Waals surface area contributed by atoms with Crippen LogP contribution in [0.15, 0.2) is 48.5 Å². The highest BCUT2D eigenvalue weighted by Crippen LogP contribution is 2.19. The third-order valence-electron chi connectivity index (χ3n) is 5.07. The molecule has 27 heavy (non-hydrogen) atoms. The van der Waals surface area contributed by atoms with E-state index in [0.717, 1.165) is 42.6 Å². The van der Waals surface area contributed by atoms with Crippen molar-refractivity contribution in [2.75, 3.05) is 43.6 Å². The van der Waals surface area contributed by atoms with Gasteiger partial charge in [-0.1, -0.05) is 18.2 Å². The number of morpholine rings is 1. The largest absolute Gasteiger partial charge is 0.378 e. The van der Waals surface area contributed by atoms with Crippen molar-refractivity contribution in [1.82, 2.24) is 0 Å². The summed E-state index contributed by atoms with van der Waals surface area (Å²) in [5.74, 6) is -0.314. The first-order chi connectivity index (χ1) is 13.0. The quantitative estimate of drug-likeness (QED) is 0.812. The van der Waals surface area contributed by atoms with Crippen LogP contribution >= 0.6 is 0 Å². The molecule has 0 bridgehead atoms. The zero-order valence-corrected chi connectivity index (χ0v) is 15.9. The van der Waals surface area contributed by atoms with Crippen LogP contribution in [-0.2, 0) is 16.1 Å².